The molecule has 7 rings (SSSR count). The fraction of sp³-hybridized carbons (Fsp3) is 0.320. The number of hydrogen-bond acceptors (Lipinski definition) is 7. The van der Waals surface area contributed by atoms with Crippen molar-refractivity contribution >= 4 is 28.4 Å². The molecular weight excluding hydrogens is 424 g/mol. The van der Waals surface area contributed by atoms with Crippen LogP contribution >= 0.6 is 0 Å². The molecule has 1 aliphatic carbocycles. The highest BCUT2D eigenvalue weighted by Gasteiger charge is 2.40. The molecule has 3 saturated heterocycles. The average Bonchev–Trinajstić information content (AvgIpc) is 3.18. The van der Waals surface area contributed by atoms with Crippen LogP contribution in [0.1, 0.15) is 60.8 Å². The Morgan fingerprint density at radius 2 is 1.64 bits per heavy atom. The van der Waals surface area contributed by atoms with Crippen LogP contribution < -0.4 is 5.32 Å². The van der Waals surface area contributed by atoms with Crippen LogP contribution in [0.15, 0.2) is 28.7 Å². The van der Waals surface area contributed by atoms with E-state index in [0.29, 0.717) is 5.92 Å². The van der Waals surface area contributed by atoms with Gasteiger partial charge in [-0.2, -0.15) is 0 Å². The number of amides is 1. The summed E-state index contributed by atoms with van der Waals surface area (Å²) in [5.41, 5.74) is -0.433. The molecule has 0 spiro atoms. The van der Waals surface area contributed by atoms with Crippen molar-refractivity contribution in [3.63, 3.8) is 0 Å². The molecule has 168 valence electrons. The zero-order valence-corrected chi connectivity index (χ0v) is 18.0. The second-order valence-electron chi connectivity index (χ2n) is 9.11. The molecule has 8 nitrogen and oxygen atoms in total. The van der Waals surface area contributed by atoms with Crippen molar-refractivity contribution in [1.29, 1.82) is 0 Å². The van der Waals surface area contributed by atoms with Crippen LogP contribution in [-0.4, -0.2) is 58.3 Å². The first kappa shape index (κ1) is 20.0. The number of carbonyl (C=O) groups excluding carboxylic acids is 3. The van der Waals surface area contributed by atoms with Crippen LogP contribution in [0, 0.1) is 12.8 Å². The predicted octanol–water partition coefficient (Wildman–Crippen LogP) is 2.75. The monoisotopic (exact) mass is 446 g/mol. The Balaban J connectivity index is 1.50. The molecular formula is C25H22N2O6. The summed E-state index contributed by atoms with van der Waals surface area (Å²) < 4.78 is 5.68. The number of rotatable bonds is 2. The first-order chi connectivity index (χ1) is 15.9. The lowest BCUT2D eigenvalue weighted by Gasteiger charge is -2.44. The van der Waals surface area contributed by atoms with Crippen molar-refractivity contribution in [2.24, 2.45) is 5.92 Å². The van der Waals surface area contributed by atoms with Gasteiger partial charge < -0.3 is 24.8 Å². The lowest BCUT2D eigenvalue weighted by molar-refractivity contribution is 0.0620. The summed E-state index contributed by atoms with van der Waals surface area (Å²) in [6.07, 6.45) is 2.04. The van der Waals surface area contributed by atoms with Crippen molar-refractivity contribution in [3.05, 3.63) is 57.8 Å². The van der Waals surface area contributed by atoms with E-state index >= 15 is 0 Å². The largest absolute Gasteiger partial charge is 0.506 e. The van der Waals surface area contributed by atoms with E-state index in [0.717, 1.165) is 32.5 Å². The second kappa shape index (κ2) is 6.92. The van der Waals surface area contributed by atoms with Crippen LogP contribution in [0.4, 0.5) is 0 Å². The SMILES string of the molecule is Cc1oc2c(O)c3c(c(O)c2c1C(=O)NC1CN2CCC1CC2)C(=O)c1ccccc1C3=O. The number of carbonyl (C=O) groups is 3. The minimum absolute atomic E-state index is 0.0206. The molecule has 1 atom stereocenters. The van der Waals surface area contributed by atoms with Gasteiger partial charge in [0.25, 0.3) is 5.91 Å². The second-order valence-corrected chi connectivity index (χ2v) is 9.11. The van der Waals surface area contributed by atoms with E-state index in [4.69, 9.17) is 4.42 Å². The minimum atomic E-state index is -0.586. The van der Waals surface area contributed by atoms with Gasteiger partial charge in [-0.05, 0) is 38.8 Å². The maximum absolute atomic E-state index is 13.3. The first-order valence-electron chi connectivity index (χ1n) is 11.1. The van der Waals surface area contributed by atoms with Crippen molar-refractivity contribution in [3.8, 4) is 11.5 Å². The lowest BCUT2D eigenvalue weighted by Crippen LogP contribution is -2.57. The molecule has 0 radical (unpaired) electrons. The van der Waals surface area contributed by atoms with Crippen molar-refractivity contribution < 1.29 is 29.0 Å². The Labute approximate surface area is 188 Å². The van der Waals surface area contributed by atoms with E-state index in [9.17, 15) is 24.6 Å². The Kier molecular flexibility index (Phi) is 4.19. The number of aromatic hydroxyl groups is 2. The smallest absolute Gasteiger partial charge is 0.255 e. The van der Waals surface area contributed by atoms with E-state index < -0.39 is 29.0 Å². The van der Waals surface area contributed by atoms with Crippen LogP contribution in [0.3, 0.4) is 0 Å². The number of furan rings is 1. The van der Waals surface area contributed by atoms with Gasteiger partial charge in [-0.3, -0.25) is 14.4 Å². The molecule has 33 heavy (non-hydrogen) atoms. The summed E-state index contributed by atoms with van der Waals surface area (Å²) in [6.45, 7) is 4.38. The number of nitrogens with one attached hydrogen (secondary N) is 1. The Morgan fingerprint density at radius 3 is 2.21 bits per heavy atom. The van der Waals surface area contributed by atoms with Gasteiger partial charge in [0.05, 0.1) is 22.1 Å². The van der Waals surface area contributed by atoms with Crippen LogP contribution in [-0.2, 0) is 0 Å². The summed E-state index contributed by atoms with van der Waals surface area (Å²) in [6, 6.07) is 6.23. The Hall–Kier alpha value is -3.65. The highest BCUT2D eigenvalue weighted by molar-refractivity contribution is 6.33. The van der Waals surface area contributed by atoms with Gasteiger partial charge in [0.1, 0.15) is 11.5 Å². The van der Waals surface area contributed by atoms with Gasteiger partial charge >= 0.3 is 0 Å². The first-order valence-corrected chi connectivity index (χ1v) is 11.1. The number of piperidine rings is 3. The molecule has 2 bridgehead atoms. The lowest BCUT2D eigenvalue weighted by atomic mass is 9.82. The highest BCUT2D eigenvalue weighted by Crippen LogP contribution is 2.47. The summed E-state index contributed by atoms with van der Waals surface area (Å²) >= 11 is 0. The third kappa shape index (κ3) is 2.70. The topological polar surface area (TPSA) is 120 Å². The van der Waals surface area contributed by atoms with E-state index in [2.05, 4.69) is 10.2 Å². The molecule has 3 fully saturated rings. The summed E-state index contributed by atoms with van der Waals surface area (Å²) in [7, 11) is 0. The number of ketones is 2. The van der Waals surface area contributed by atoms with E-state index in [1.807, 2.05) is 0 Å². The minimum Gasteiger partial charge on any atom is -0.506 e. The van der Waals surface area contributed by atoms with Crippen LogP contribution in [0.25, 0.3) is 11.0 Å². The molecule has 4 heterocycles. The molecule has 1 aromatic heterocycles. The Morgan fingerprint density at radius 1 is 1.03 bits per heavy atom. The van der Waals surface area contributed by atoms with Gasteiger partial charge in [0, 0.05) is 23.7 Å². The summed E-state index contributed by atoms with van der Waals surface area (Å²) in [5.74, 6) is -2.09. The third-order valence-corrected chi connectivity index (χ3v) is 7.33. The molecule has 2 aromatic carbocycles. The van der Waals surface area contributed by atoms with Gasteiger partial charge in [-0.25, -0.2) is 0 Å². The number of phenolic OH excluding ortho intramolecular Hbond substituents is 2. The molecule has 4 aliphatic rings. The molecule has 1 amide bonds. The van der Waals surface area contributed by atoms with Crippen molar-refractivity contribution in [2.75, 3.05) is 19.6 Å². The van der Waals surface area contributed by atoms with Crippen LogP contribution in [0.2, 0.25) is 0 Å². The summed E-state index contributed by atoms with van der Waals surface area (Å²) in [4.78, 5) is 41.9. The number of nitrogens with zero attached hydrogens (tertiary/aromatic N) is 1. The molecule has 8 heteroatoms. The Bertz CT molecular complexity index is 1380. The maximum Gasteiger partial charge on any atom is 0.255 e. The predicted molar refractivity (Wildman–Crippen MR) is 118 cm³/mol. The number of phenols is 2. The molecule has 3 aliphatic heterocycles. The third-order valence-electron chi connectivity index (χ3n) is 7.33. The van der Waals surface area contributed by atoms with E-state index in [1.54, 1.807) is 19.1 Å². The number of hydrogen-bond donors (Lipinski definition) is 3. The fourth-order valence-electron chi connectivity index (χ4n) is 5.65. The zero-order chi connectivity index (χ0) is 23.0. The molecule has 0 saturated carbocycles. The van der Waals surface area contributed by atoms with E-state index in [1.165, 1.54) is 12.1 Å². The maximum atomic E-state index is 13.3. The quantitative estimate of drug-likeness (QED) is 0.405. The average molecular weight is 446 g/mol. The molecule has 3 aromatic rings. The normalized spacial score (nSPS) is 23.5. The standard InChI is InChI=1S/C25H22N2O6/c1-11-16(25(32)26-15-10-27-8-6-12(15)7-9-27)19-22(30)17-18(23(31)24(19)33-11)21(29)14-5-3-2-4-13(14)20(17)28/h2-5,12,15,30-31H,6-10H2,1H3,(H,26,32). The summed E-state index contributed by atoms with van der Waals surface area (Å²) in [5, 5.41) is 25.1. The molecule has 1 unspecified atom stereocenters. The molecule has 3 N–H and O–H groups in total. The highest BCUT2D eigenvalue weighted by atomic mass is 16.4. The number of aryl methyl sites for hydroxylation is 1. The zero-order valence-electron chi connectivity index (χ0n) is 18.0. The van der Waals surface area contributed by atoms with Gasteiger partial charge in [0.15, 0.2) is 22.9 Å². The van der Waals surface area contributed by atoms with Gasteiger partial charge in [-0.15, -0.1) is 0 Å². The van der Waals surface area contributed by atoms with Crippen LogP contribution in [0.5, 0.6) is 11.5 Å². The van der Waals surface area contributed by atoms with Crippen molar-refractivity contribution in [1.82, 2.24) is 10.2 Å². The fourth-order valence-corrected chi connectivity index (χ4v) is 5.65. The van der Waals surface area contributed by atoms with E-state index in [-0.39, 0.29) is 50.6 Å². The van der Waals surface area contributed by atoms with Gasteiger partial charge in [-0.1, -0.05) is 24.3 Å². The number of benzene rings is 2. The van der Waals surface area contributed by atoms with Gasteiger partial charge in [0.2, 0.25) is 0 Å². The number of fused-ring (bicyclic) bond motifs is 6. The van der Waals surface area contributed by atoms with Crippen molar-refractivity contribution in [2.45, 2.75) is 25.8 Å².